The Morgan fingerprint density at radius 1 is 1.21 bits per heavy atom. The maximum Gasteiger partial charge on any atom is 0.197 e. The average Bonchev–Trinajstić information content (AvgIpc) is 2.43. The molecule has 0 saturated carbocycles. The largest absolute Gasteiger partial charge is 0.376 e. The fraction of sp³-hybridized carbons (Fsp3) is 0.133. The molecule has 0 amide bonds. The lowest BCUT2D eigenvalue weighted by atomic mass is 10.1. The molecule has 19 heavy (non-hydrogen) atoms. The molecule has 0 fully saturated rings. The maximum absolute atomic E-state index is 12.7. The summed E-state index contributed by atoms with van der Waals surface area (Å²) in [5.74, 6) is 0.509. The van der Waals surface area contributed by atoms with E-state index in [0.29, 0.717) is 5.88 Å². The van der Waals surface area contributed by atoms with E-state index >= 15 is 0 Å². The van der Waals surface area contributed by atoms with E-state index in [0.717, 1.165) is 31.4 Å². The van der Waals surface area contributed by atoms with Crippen LogP contribution in [0.4, 0.5) is 5.69 Å². The zero-order valence-electron chi connectivity index (χ0n) is 10.4. The summed E-state index contributed by atoms with van der Waals surface area (Å²) in [5.41, 5.74) is 2.09. The van der Waals surface area contributed by atoms with E-state index in [1.54, 1.807) is 11.3 Å². The zero-order chi connectivity index (χ0) is 13.4. The Hall–Kier alpha value is -1.52. The molecule has 0 aliphatic carbocycles. The van der Waals surface area contributed by atoms with Crippen molar-refractivity contribution in [2.45, 2.75) is 6.92 Å². The maximum atomic E-state index is 12.7. The van der Waals surface area contributed by atoms with E-state index in [1.165, 1.54) is 0 Å². The van der Waals surface area contributed by atoms with Crippen LogP contribution in [0.25, 0.3) is 20.2 Å². The van der Waals surface area contributed by atoms with Gasteiger partial charge >= 0.3 is 0 Å². The molecule has 2 nitrogen and oxygen atoms in total. The Labute approximate surface area is 120 Å². The third kappa shape index (κ3) is 2.01. The number of rotatable bonds is 2. The van der Waals surface area contributed by atoms with Crippen molar-refractivity contribution in [3.8, 4) is 0 Å². The summed E-state index contributed by atoms with van der Waals surface area (Å²) < 4.78 is 2.08. The van der Waals surface area contributed by atoms with Crippen molar-refractivity contribution >= 4 is 49.8 Å². The lowest BCUT2D eigenvalue weighted by Crippen LogP contribution is -2.06. The number of aryl methyl sites for hydroxylation is 1. The molecule has 0 radical (unpaired) electrons. The van der Waals surface area contributed by atoms with E-state index in [9.17, 15) is 4.79 Å². The smallest absolute Gasteiger partial charge is 0.197 e. The predicted octanol–water partition coefficient (Wildman–Crippen LogP) is 4.02. The molecule has 1 aromatic heterocycles. The first-order valence-corrected chi connectivity index (χ1v) is 7.47. The summed E-state index contributed by atoms with van der Waals surface area (Å²) in [6, 6.07) is 11.8. The van der Waals surface area contributed by atoms with Gasteiger partial charge in [-0.3, -0.25) is 4.79 Å². The first-order valence-electron chi connectivity index (χ1n) is 6.02. The Morgan fingerprint density at radius 2 is 2.00 bits per heavy atom. The van der Waals surface area contributed by atoms with Gasteiger partial charge in [0.25, 0.3) is 0 Å². The Balaban J connectivity index is 2.53. The van der Waals surface area contributed by atoms with Gasteiger partial charge in [0.1, 0.15) is 0 Å². The quantitative estimate of drug-likeness (QED) is 0.423. The van der Waals surface area contributed by atoms with Crippen molar-refractivity contribution in [1.29, 1.82) is 0 Å². The molecule has 0 aliphatic rings. The second-order valence-corrected chi connectivity index (χ2v) is 5.76. The standard InChI is InChI=1S/C15H13NOS2/c1-9-6-7-11(16-8-18)13-14(17)10-4-2-3-5-12(10)19-15(9)13/h2-7,16,18H,8H2,1H3. The van der Waals surface area contributed by atoms with Crippen LogP contribution in [-0.2, 0) is 0 Å². The number of anilines is 1. The summed E-state index contributed by atoms with van der Waals surface area (Å²) in [4.78, 5) is 12.7. The van der Waals surface area contributed by atoms with Gasteiger partial charge in [0.15, 0.2) is 5.43 Å². The van der Waals surface area contributed by atoms with Crippen molar-refractivity contribution in [2.75, 3.05) is 11.2 Å². The van der Waals surface area contributed by atoms with Gasteiger partial charge in [-0.1, -0.05) is 18.2 Å². The molecule has 3 rings (SSSR count). The molecule has 1 N–H and O–H groups in total. The van der Waals surface area contributed by atoms with Crippen LogP contribution in [0.15, 0.2) is 41.2 Å². The summed E-state index contributed by atoms with van der Waals surface area (Å²) in [6.45, 7) is 2.04. The Bertz CT molecular complexity index is 823. The van der Waals surface area contributed by atoms with E-state index in [4.69, 9.17) is 0 Å². The normalized spacial score (nSPS) is 11.1. The molecule has 0 spiro atoms. The molecule has 0 unspecified atom stereocenters. The number of nitrogens with one attached hydrogen (secondary N) is 1. The minimum Gasteiger partial charge on any atom is -0.376 e. The number of benzene rings is 2. The second-order valence-electron chi connectivity index (χ2n) is 4.40. The molecule has 96 valence electrons. The summed E-state index contributed by atoms with van der Waals surface area (Å²) in [6.07, 6.45) is 0. The van der Waals surface area contributed by atoms with Crippen molar-refractivity contribution < 1.29 is 0 Å². The predicted molar refractivity (Wildman–Crippen MR) is 87.8 cm³/mol. The fourth-order valence-electron chi connectivity index (χ4n) is 2.26. The van der Waals surface area contributed by atoms with Crippen LogP contribution in [0.3, 0.4) is 0 Å². The minimum atomic E-state index is 0.0948. The molecule has 0 atom stereocenters. The van der Waals surface area contributed by atoms with Gasteiger partial charge in [0.2, 0.25) is 0 Å². The second kappa shape index (κ2) is 4.87. The van der Waals surface area contributed by atoms with E-state index in [-0.39, 0.29) is 5.43 Å². The number of fused-ring (bicyclic) bond motifs is 2. The fourth-order valence-corrected chi connectivity index (χ4v) is 3.61. The van der Waals surface area contributed by atoms with Gasteiger partial charge in [0.05, 0.1) is 11.3 Å². The molecular formula is C15H13NOS2. The highest BCUT2D eigenvalue weighted by Crippen LogP contribution is 2.31. The molecule has 0 aliphatic heterocycles. The van der Waals surface area contributed by atoms with Crippen LogP contribution in [0, 0.1) is 6.92 Å². The van der Waals surface area contributed by atoms with Crippen LogP contribution in [0.2, 0.25) is 0 Å². The molecule has 4 heteroatoms. The molecule has 1 heterocycles. The molecule has 0 saturated heterocycles. The molecular weight excluding hydrogens is 274 g/mol. The SMILES string of the molecule is Cc1ccc(NCS)c2c(=O)c3ccccc3sc12. The average molecular weight is 287 g/mol. The van der Waals surface area contributed by atoms with Gasteiger partial charge in [-0.05, 0) is 30.7 Å². The third-order valence-corrected chi connectivity index (χ3v) is 4.66. The number of hydrogen-bond acceptors (Lipinski definition) is 4. The van der Waals surface area contributed by atoms with Gasteiger partial charge in [-0.25, -0.2) is 0 Å². The van der Waals surface area contributed by atoms with Crippen molar-refractivity contribution in [3.05, 3.63) is 52.2 Å². The lowest BCUT2D eigenvalue weighted by Gasteiger charge is -2.10. The van der Waals surface area contributed by atoms with Crippen LogP contribution >= 0.6 is 24.0 Å². The highest BCUT2D eigenvalue weighted by molar-refractivity contribution is 7.80. The van der Waals surface area contributed by atoms with Gasteiger partial charge in [-0.15, -0.1) is 11.3 Å². The minimum absolute atomic E-state index is 0.0948. The highest BCUT2D eigenvalue weighted by atomic mass is 32.1. The van der Waals surface area contributed by atoms with Crippen molar-refractivity contribution in [1.82, 2.24) is 0 Å². The number of thiol groups is 1. The Morgan fingerprint density at radius 3 is 2.79 bits per heavy atom. The first-order chi connectivity index (χ1) is 9.22. The van der Waals surface area contributed by atoms with Crippen LogP contribution in [0.5, 0.6) is 0 Å². The van der Waals surface area contributed by atoms with E-state index in [1.807, 2.05) is 43.3 Å². The first kappa shape index (κ1) is 12.5. The van der Waals surface area contributed by atoms with Crippen molar-refractivity contribution in [3.63, 3.8) is 0 Å². The van der Waals surface area contributed by atoms with Crippen LogP contribution < -0.4 is 10.7 Å². The molecule has 0 bridgehead atoms. The van der Waals surface area contributed by atoms with Crippen molar-refractivity contribution in [2.24, 2.45) is 0 Å². The highest BCUT2D eigenvalue weighted by Gasteiger charge is 2.11. The van der Waals surface area contributed by atoms with Gasteiger partial charge in [0, 0.05) is 20.5 Å². The van der Waals surface area contributed by atoms with Gasteiger partial charge in [-0.2, -0.15) is 12.6 Å². The zero-order valence-corrected chi connectivity index (χ0v) is 12.1. The number of hydrogen-bond donors (Lipinski definition) is 2. The van der Waals surface area contributed by atoms with Crippen LogP contribution in [-0.4, -0.2) is 5.88 Å². The van der Waals surface area contributed by atoms with E-state index in [2.05, 4.69) is 17.9 Å². The van der Waals surface area contributed by atoms with Gasteiger partial charge < -0.3 is 5.32 Å². The topological polar surface area (TPSA) is 29.1 Å². The van der Waals surface area contributed by atoms with E-state index < -0.39 is 0 Å². The summed E-state index contributed by atoms with van der Waals surface area (Å²) in [5, 5.41) is 4.71. The van der Waals surface area contributed by atoms with Crippen LogP contribution in [0.1, 0.15) is 5.56 Å². The monoisotopic (exact) mass is 287 g/mol. The third-order valence-electron chi connectivity index (χ3n) is 3.19. The Kier molecular flexibility index (Phi) is 3.21. The molecule has 2 aromatic carbocycles. The summed E-state index contributed by atoms with van der Waals surface area (Å²) >= 11 is 5.85. The summed E-state index contributed by atoms with van der Waals surface area (Å²) in [7, 11) is 0. The molecule has 3 aromatic rings. The lowest BCUT2D eigenvalue weighted by molar-refractivity contribution is 1.47.